The lowest BCUT2D eigenvalue weighted by Crippen LogP contribution is -2.40. The highest BCUT2D eigenvalue weighted by Gasteiger charge is 2.25. The number of benzene rings is 3. The van der Waals surface area contributed by atoms with Crippen LogP contribution in [0, 0.1) is 5.82 Å². The van der Waals surface area contributed by atoms with Gasteiger partial charge in [0.05, 0.1) is 10.2 Å². The van der Waals surface area contributed by atoms with E-state index in [0.717, 1.165) is 23.9 Å². The molecule has 0 radical (unpaired) electrons. The number of aromatic nitrogens is 1. The molecule has 0 bridgehead atoms. The average Bonchev–Trinajstić information content (AvgIpc) is 3.28. The van der Waals surface area contributed by atoms with E-state index >= 15 is 0 Å². The molecule has 0 aliphatic rings. The Bertz CT molecular complexity index is 1610. The molecule has 0 aliphatic heterocycles. The van der Waals surface area contributed by atoms with E-state index in [2.05, 4.69) is 23.7 Å². The summed E-state index contributed by atoms with van der Waals surface area (Å²) in [5, 5.41) is 2.99. The van der Waals surface area contributed by atoms with Gasteiger partial charge in [0.25, 0.3) is 5.91 Å². The lowest BCUT2D eigenvalue weighted by molar-refractivity contribution is 0.0980. The van der Waals surface area contributed by atoms with Crippen molar-refractivity contribution in [2.24, 2.45) is 0 Å². The predicted molar refractivity (Wildman–Crippen MR) is 139 cm³/mol. The molecule has 1 amide bonds. The van der Waals surface area contributed by atoms with E-state index in [1.165, 1.54) is 28.4 Å². The second-order valence-corrected chi connectivity index (χ2v) is 9.25. The van der Waals surface area contributed by atoms with Crippen LogP contribution in [0.25, 0.3) is 32.0 Å². The molecule has 0 saturated heterocycles. The smallest absolute Gasteiger partial charge is 0.349 e. The summed E-state index contributed by atoms with van der Waals surface area (Å²) in [6.45, 7) is 6.69. The highest BCUT2D eigenvalue weighted by atomic mass is 32.1. The second-order valence-electron chi connectivity index (χ2n) is 8.24. The predicted octanol–water partition coefficient (Wildman–Crippen LogP) is 5.68. The largest absolute Gasteiger partial charge is 0.422 e. The van der Waals surface area contributed by atoms with Crippen LogP contribution in [0.5, 0.6) is 0 Å². The fourth-order valence-electron chi connectivity index (χ4n) is 4.23. The van der Waals surface area contributed by atoms with E-state index in [1.54, 1.807) is 18.2 Å². The van der Waals surface area contributed by atoms with Gasteiger partial charge in [-0.1, -0.05) is 55.5 Å². The van der Waals surface area contributed by atoms with Gasteiger partial charge in [-0.05, 0) is 54.2 Å². The average molecular weight is 490 g/mol. The van der Waals surface area contributed by atoms with E-state index in [-0.39, 0.29) is 11.4 Å². The fourth-order valence-corrected chi connectivity index (χ4v) is 5.25. The topological polar surface area (TPSA) is 66.7 Å². The van der Waals surface area contributed by atoms with Crippen LogP contribution in [0.1, 0.15) is 24.2 Å². The van der Waals surface area contributed by atoms with E-state index in [4.69, 9.17) is 4.42 Å². The van der Waals surface area contributed by atoms with Gasteiger partial charge < -0.3 is 9.32 Å². The van der Waals surface area contributed by atoms with Crippen molar-refractivity contribution in [3.05, 3.63) is 82.5 Å². The van der Waals surface area contributed by atoms with Crippen LogP contribution in [0.15, 0.2) is 69.9 Å². The van der Waals surface area contributed by atoms with Crippen molar-refractivity contribution in [2.75, 3.05) is 31.1 Å². The van der Waals surface area contributed by atoms with Gasteiger partial charge in [-0.3, -0.25) is 9.69 Å². The zero-order valence-electron chi connectivity index (χ0n) is 19.5. The minimum absolute atomic E-state index is 0.0566. The highest BCUT2D eigenvalue weighted by Crippen LogP contribution is 2.31. The number of hydrogen-bond donors (Lipinski definition) is 0. The van der Waals surface area contributed by atoms with Crippen molar-refractivity contribution >= 4 is 54.3 Å². The molecular weight excluding hydrogens is 465 g/mol. The number of fused-ring (bicyclic) bond motifs is 4. The molecule has 2 aromatic heterocycles. The Labute approximate surface area is 205 Å². The summed E-state index contributed by atoms with van der Waals surface area (Å²) in [7, 11) is 0. The van der Waals surface area contributed by atoms with Crippen LogP contribution in [-0.4, -0.2) is 42.0 Å². The number of hydrogen-bond acceptors (Lipinski definition) is 6. The van der Waals surface area contributed by atoms with Crippen molar-refractivity contribution in [2.45, 2.75) is 13.8 Å². The molecule has 0 N–H and O–H groups in total. The minimum Gasteiger partial charge on any atom is -0.422 e. The summed E-state index contributed by atoms with van der Waals surface area (Å²) in [4.78, 5) is 35.0. The number of thiazole rings is 1. The first-order chi connectivity index (χ1) is 17.0. The monoisotopic (exact) mass is 489 g/mol. The SMILES string of the molecule is CCN(CC)CCN(C(=O)c1cc2c(ccc3ccccc32)oc1=O)c1nc2ccc(F)cc2s1. The van der Waals surface area contributed by atoms with Gasteiger partial charge in [0, 0.05) is 18.5 Å². The normalized spacial score (nSPS) is 11.7. The Morgan fingerprint density at radius 3 is 2.60 bits per heavy atom. The maximum atomic E-state index is 13.8. The molecule has 0 spiro atoms. The second kappa shape index (κ2) is 9.56. The number of likely N-dealkylation sites (N-methyl/N-ethyl adjacent to an activating group) is 1. The first-order valence-corrected chi connectivity index (χ1v) is 12.4. The van der Waals surface area contributed by atoms with Crippen LogP contribution in [-0.2, 0) is 0 Å². The summed E-state index contributed by atoms with van der Waals surface area (Å²) in [5.41, 5.74) is 0.274. The molecule has 5 rings (SSSR count). The first kappa shape index (κ1) is 23.1. The number of carbonyl (C=O) groups is 1. The number of nitrogens with zero attached hydrogens (tertiary/aromatic N) is 3. The van der Waals surface area contributed by atoms with Crippen molar-refractivity contribution in [1.29, 1.82) is 0 Å². The van der Waals surface area contributed by atoms with Crippen LogP contribution in [0.4, 0.5) is 9.52 Å². The third-order valence-electron chi connectivity index (χ3n) is 6.22. The number of carbonyl (C=O) groups excluding carboxylic acids is 1. The maximum absolute atomic E-state index is 13.8. The van der Waals surface area contributed by atoms with Crippen molar-refractivity contribution in [3.8, 4) is 0 Å². The maximum Gasteiger partial charge on any atom is 0.349 e. The number of halogens is 1. The molecular formula is C27H24FN3O3S. The van der Waals surface area contributed by atoms with Gasteiger partial charge in [0.2, 0.25) is 0 Å². The molecule has 2 heterocycles. The molecule has 6 nitrogen and oxygen atoms in total. The summed E-state index contributed by atoms with van der Waals surface area (Å²) < 4.78 is 20.0. The molecule has 8 heteroatoms. The minimum atomic E-state index is -0.697. The van der Waals surface area contributed by atoms with Gasteiger partial charge in [0.15, 0.2) is 5.13 Å². The van der Waals surface area contributed by atoms with E-state index in [0.29, 0.717) is 39.4 Å². The zero-order valence-corrected chi connectivity index (χ0v) is 20.3. The lowest BCUT2D eigenvalue weighted by atomic mass is 10.0. The van der Waals surface area contributed by atoms with Crippen LogP contribution in [0.3, 0.4) is 0 Å². The van der Waals surface area contributed by atoms with Gasteiger partial charge in [-0.25, -0.2) is 14.2 Å². The third kappa shape index (κ3) is 4.42. The molecule has 0 unspecified atom stereocenters. The third-order valence-corrected chi connectivity index (χ3v) is 7.26. The van der Waals surface area contributed by atoms with Gasteiger partial charge in [-0.15, -0.1) is 0 Å². The van der Waals surface area contributed by atoms with E-state index < -0.39 is 11.5 Å². The quantitative estimate of drug-likeness (QED) is 0.217. The summed E-state index contributed by atoms with van der Waals surface area (Å²) in [5.74, 6) is -0.851. The fraction of sp³-hybridized carbons (Fsp3) is 0.222. The lowest BCUT2D eigenvalue weighted by Gasteiger charge is -2.24. The summed E-state index contributed by atoms with van der Waals surface area (Å²) in [6, 6.07) is 17.3. The summed E-state index contributed by atoms with van der Waals surface area (Å²) in [6.07, 6.45) is 0. The molecule has 35 heavy (non-hydrogen) atoms. The molecule has 5 aromatic rings. The van der Waals surface area contributed by atoms with Crippen molar-refractivity contribution in [1.82, 2.24) is 9.88 Å². The standard InChI is InChI=1S/C27H24FN3O3S/c1-3-30(4-2)13-14-31(27-29-22-11-10-18(28)15-24(22)35-27)25(32)21-16-20-19-8-6-5-7-17(19)9-12-23(20)34-26(21)33/h5-12,15-16H,3-4,13-14H2,1-2H3. The number of anilines is 1. The molecule has 3 aromatic carbocycles. The number of amides is 1. The van der Waals surface area contributed by atoms with E-state index in [1.807, 2.05) is 30.3 Å². The van der Waals surface area contributed by atoms with Crippen LogP contribution in [0.2, 0.25) is 0 Å². The molecule has 0 atom stereocenters. The molecule has 0 fully saturated rings. The van der Waals surface area contributed by atoms with Crippen molar-refractivity contribution in [3.63, 3.8) is 0 Å². The Morgan fingerprint density at radius 1 is 1.00 bits per heavy atom. The number of rotatable bonds is 7. The van der Waals surface area contributed by atoms with Gasteiger partial charge in [0.1, 0.15) is 17.0 Å². The van der Waals surface area contributed by atoms with Gasteiger partial charge in [-0.2, -0.15) is 0 Å². The Hall–Kier alpha value is -3.62. The Morgan fingerprint density at radius 2 is 1.80 bits per heavy atom. The Kier molecular flexibility index (Phi) is 6.32. The zero-order chi connectivity index (χ0) is 24.5. The molecule has 0 aliphatic carbocycles. The Balaban J connectivity index is 1.62. The highest BCUT2D eigenvalue weighted by molar-refractivity contribution is 7.22. The van der Waals surface area contributed by atoms with E-state index in [9.17, 15) is 14.0 Å². The first-order valence-electron chi connectivity index (χ1n) is 11.5. The van der Waals surface area contributed by atoms with Crippen molar-refractivity contribution < 1.29 is 13.6 Å². The molecule has 178 valence electrons. The molecule has 0 saturated carbocycles. The van der Waals surface area contributed by atoms with Crippen LogP contribution >= 0.6 is 11.3 Å². The summed E-state index contributed by atoms with van der Waals surface area (Å²) >= 11 is 1.22. The van der Waals surface area contributed by atoms with Gasteiger partial charge >= 0.3 is 5.63 Å². The van der Waals surface area contributed by atoms with Crippen LogP contribution < -0.4 is 10.5 Å².